The third kappa shape index (κ3) is 2.26. The van der Waals surface area contributed by atoms with Crippen LogP contribution in [-0.2, 0) is 7.05 Å². The number of benzene rings is 1. The van der Waals surface area contributed by atoms with Crippen molar-refractivity contribution in [2.45, 2.75) is 0 Å². The fourth-order valence-electron chi connectivity index (χ4n) is 1.93. The highest BCUT2D eigenvalue weighted by Crippen LogP contribution is 2.16. The molecule has 5 nitrogen and oxygen atoms in total. The predicted octanol–water partition coefficient (Wildman–Crippen LogP) is 2.92. The molecule has 0 aliphatic rings. The zero-order chi connectivity index (χ0) is 13.4. The number of imidazole rings is 1. The standard InChI is InChI=1S/C13H11BrN4O/c1-18-7-8(14)6-11(18)12(19)17-13-15-9-4-2-3-5-10(9)16-13/h2-7H,1H3,(H2,15,16,17,19). The number of rotatable bonds is 2. The van der Waals surface area contributed by atoms with E-state index in [0.717, 1.165) is 15.5 Å². The van der Waals surface area contributed by atoms with Crippen LogP contribution in [0.3, 0.4) is 0 Å². The van der Waals surface area contributed by atoms with Gasteiger partial charge in [0.05, 0.1) is 11.0 Å². The van der Waals surface area contributed by atoms with Crippen LogP contribution in [0.5, 0.6) is 0 Å². The lowest BCUT2D eigenvalue weighted by Crippen LogP contribution is -2.16. The smallest absolute Gasteiger partial charge is 0.274 e. The van der Waals surface area contributed by atoms with Crippen molar-refractivity contribution in [1.29, 1.82) is 0 Å². The number of aromatic amines is 1. The van der Waals surface area contributed by atoms with Crippen LogP contribution < -0.4 is 5.32 Å². The number of aromatic nitrogens is 3. The maximum atomic E-state index is 12.1. The molecule has 0 saturated carbocycles. The number of nitrogens with one attached hydrogen (secondary N) is 2. The number of anilines is 1. The van der Waals surface area contributed by atoms with Gasteiger partial charge in [-0.1, -0.05) is 12.1 Å². The predicted molar refractivity (Wildman–Crippen MR) is 77.2 cm³/mol. The third-order valence-electron chi connectivity index (χ3n) is 2.83. The molecule has 0 atom stereocenters. The Kier molecular flexibility index (Phi) is 2.87. The van der Waals surface area contributed by atoms with Crippen LogP contribution in [0, 0.1) is 0 Å². The number of para-hydroxylation sites is 2. The van der Waals surface area contributed by atoms with Crippen LogP contribution in [0.4, 0.5) is 5.95 Å². The number of nitrogens with zero attached hydrogens (tertiary/aromatic N) is 2. The highest BCUT2D eigenvalue weighted by molar-refractivity contribution is 9.10. The van der Waals surface area contributed by atoms with Crippen molar-refractivity contribution in [1.82, 2.24) is 14.5 Å². The highest BCUT2D eigenvalue weighted by Gasteiger charge is 2.13. The Morgan fingerprint density at radius 1 is 1.42 bits per heavy atom. The van der Waals surface area contributed by atoms with Gasteiger partial charge in [-0.05, 0) is 34.1 Å². The molecule has 96 valence electrons. The van der Waals surface area contributed by atoms with Gasteiger partial charge in [0, 0.05) is 17.7 Å². The first kappa shape index (κ1) is 12.0. The molecule has 6 heteroatoms. The molecule has 2 heterocycles. The fraction of sp³-hybridized carbons (Fsp3) is 0.0769. The van der Waals surface area contributed by atoms with Gasteiger partial charge in [-0.25, -0.2) is 4.98 Å². The van der Waals surface area contributed by atoms with Crippen molar-refractivity contribution < 1.29 is 4.79 Å². The van der Waals surface area contributed by atoms with Gasteiger partial charge in [0.1, 0.15) is 5.69 Å². The minimum Gasteiger partial charge on any atom is -0.345 e. The molecule has 0 aliphatic carbocycles. The van der Waals surface area contributed by atoms with E-state index in [0.29, 0.717) is 11.6 Å². The van der Waals surface area contributed by atoms with E-state index in [-0.39, 0.29) is 5.91 Å². The Morgan fingerprint density at radius 3 is 2.89 bits per heavy atom. The second-order valence-corrected chi connectivity index (χ2v) is 5.13. The normalized spacial score (nSPS) is 10.8. The molecule has 0 unspecified atom stereocenters. The largest absolute Gasteiger partial charge is 0.345 e. The average molecular weight is 319 g/mol. The first-order valence-corrected chi connectivity index (χ1v) is 6.51. The molecule has 3 rings (SSSR count). The Morgan fingerprint density at radius 2 is 2.21 bits per heavy atom. The molecule has 1 aromatic carbocycles. The number of aryl methyl sites for hydroxylation is 1. The zero-order valence-electron chi connectivity index (χ0n) is 10.1. The molecule has 0 bridgehead atoms. The summed E-state index contributed by atoms with van der Waals surface area (Å²) in [7, 11) is 1.82. The van der Waals surface area contributed by atoms with E-state index in [4.69, 9.17) is 0 Å². The van der Waals surface area contributed by atoms with Crippen molar-refractivity contribution >= 4 is 38.8 Å². The minimum atomic E-state index is -0.202. The number of carbonyl (C=O) groups excluding carboxylic acids is 1. The van der Waals surface area contributed by atoms with E-state index in [1.165, 1.54) is 0 Å². The van der Waals surface area contributed by atoms with Crippen molar-refractivity contribution in [3.05, 3.63) is 46.7 Å². The molecular formula is C13H11BrN4O. The minimum absolute atomic E-state index is 0.202. The lowest BCUT2D eigenvalue weighted by molar-refractivity contribution is 0.101. The van der Waals surface area contributed by atoms with E-state index in [9.17, 15) is 4.79 Å². The SMILES string of the molecule is Cn1cc(Br)cc1C(=O)Nc1nc2ccccc2[nH]1. The van der Waals surface area contributed by atoms with E-state index in [1.54, 1.807) is 10.6 Å². The lowest BCUT2D eigenvalue weighted by Gasteiger charge is -2.02. The first-order valence-electron chi connectivity index (χ1n) is 5.71. The summed E-state index contributed by atoms with van der Waals surface area (Å²) in [5, 5.41) is 2.75. The van der Waals surface area contributed by atoms with Gasteiger partial charge >= 0.3 is 0 Å². The average Bonchev–Trinajstić information content (AvgIpc) is 2.91. The second kappa shape index (κ2) is 4.55. The van der Waals surface area contributed by atoms with Crippen molar-refractivity contribution in [3.63, 3.8) is 0 Å². The van der Waals surface area contributed by atoms with Gasteiger partial charge in [-0.3, -0.25) is 10.1 Å². The Labute approximate surface area is 117 Å². The number of carbonyl (C=O) groups is 1. The van der Waals surface area contributed by atoms with E-state index >= 15 is 0 Å². The van der Waals surface area contributed by atoms with Crippen LogP contribution in [0.15, 0.2) is 41.0 Å². The summed E-state index contributed by atoms with van der Waals surface area (Å²) in [5.41, 5.74) is 2.28. The van der Waals surface area contributed by atoms with Gasteiger partial charge in [-0.2, -0.15) is 0 Å². The fourth-order valence-corrected chi connectivity index (χ4v) is 2.46. The van der Waals surface area contributed by atoms with Gasteiger partial charge in [0.2, 0.25) is 5.95 Å². The maximum Gasteiger partial charge on any atom is 0.274 e. The summed E-state index contributed by atoms with van der Waals surface area (Å²) in [6.45, 7) is 0. The summed E-state index contributed by atoms with van der Waals surface area (Å²) < 4.78 is 2.62. The zero-order valence-corrected chi connectivity index (χ0v) is 11.7. The number of hydrogen-bond donors (Lipinski definition) is 2. The Bertz CT molecular complexity index is 726. The van der Waals surface area contributed by atoms with E-state index in [2.05, 4.69) is 31.2 Å². The molecular weight excluding hydrogens is 308 g/mol. The second-order valence-electron chi connectivity index (χ2n) is 4.21. The van der Waals surface area contributed by atoms with Crippen molar-refractivity contribution in [2.24, 2.45) is 7.05 Å². The van der Waals surface area contributed by atoms with Crippen LogP contribution in [0.1, 0.15) is 10.5 Å². The summed E-state index contributed by atoms with van der Waals surface area (Å²) in [4.78, 5) is 19.5. The van der Waals surface area contributed by atoms with Crippen LogP contribution in [0.2, 0.25) is 0 Å². The van der Waals surface area contributed by atoms with E-state index < -0.39 is 0 Å². The number of amides is 1. The maximum absolute atomic E-state index is 12.1. The number of hydrogen-bond acceptors (Lipinski definition) is 2. The first-order chi connectivity index (χ1) is 9.13. The number of halogens is 1. The van der Waals surface area contributed by atoms with Gasteiger partial charge in [-0.15, -0.1) is 0 Å². The number of H-pyrrole nitrogens is 1. The lowest BCUT2D eigenvalue weighted by atomic mass is 10.3. The topological polar surface area (TPSA) is 62.7 Å². The Hall–Kier alpha value is -2.08. The van der Waals surface area contributed by atoms with Gasteiger partial charge < -0.3 is 9.55 Å². The molecule has 19 heavy (non-hydrogen) atoms. The molecule has 0 aliphatic heterocycles. The summed E-state index contributed by atoms with van der Waals surface area (Å²) in [6.07, 6.45) is 1.83. The third-order valence-corrected chi connectivity index (χ3v) is 3.26. The van der Waals surface area contributed by atoms with Crippen LogP contribution in [-0.4, -0.2) is 20.4 Å². The molecule has 0 radical (unpaired) electrons. The van der Waals surface area contributed by atoms with Crippen molar-refractivity contribution in [2.75, 3.05) is 5.32 Å². The molecule has 2 N–H and O–H groups in total. The molecule has 0 spiro atoms. The Balaban J connectivity index is 1.88. The highest BCUT2D eigenvalue weighted by atomic mass is 79.9. The monoisotopic (exact) mass is 318 g/mol. The summed E-state index contributed by atoms with van der Waals surface area (Å²) in [6, 6.07) is 9.39. The van der Waals surface area contributed by atoms with Crippen molar-refractivity contribution in [3.8, 4) is 0 Å². The number of fused-ring (bicyclic) bond motifs is 1. The van der Waals surface area contributed by atoms with Gasteiger partial charge in [0.25, 0.3) is 5.91 Å². The molecule has 0 saturated heterocycles. The summed E-state index contributed by atoms with van der Waals surface area (Å²) in [5.74, 6) is 0.246. The van der Waals surface area contributed by atoms with Gasteiger partial charge in [0.15, 0.2) is 0 Å². The van der Waals surface area contributed by atoms with Crippen LogP contribution in [0.25, 0.3) is 11.0 Å². The van der Waals surface area contributed by atoms with Crippen LogP contribution >= 0.6 is 15.9 Å². The molecule has 0 fully saturated rings. The molecule has 1 amide bonds. The van der Waals surface area contributed by atoms with E-state index in [1.807, 2.05) is 37.5 Å². The molecule has 2 aromatic heterocycles. The summed E-state index contributed by atoms with van der Waals surface area (Å²) >= 11 is 3.34. The molecule has 3 aromatic rings. The quantitative estimate of drug-likeness (QED) is 0.763.